The lowest BCUT2D eigenvalue weighted by Crippen LogP contribution is -2.48. The van der Waals surface area contributed by atoms with Gasteiger partial charge in [-0.15, -0.1) is 10.2 Å². The van der Waals surface area contributed by atoms with Crippen LogP contribution in [0.3, 0.4) is 0 Å². The summed E-state index contributed by atoms with van der Waals surface area (Å²) in [6, 6.07) is 13.0. The first-order valence-electron chi connectivity index (χ1n) is 13.4. The van der Waals surface area contributed by atoms with Gasteiger partial charge in [0, 0.05) is 37.0 Å². The first kappa shape index (κ1) is 30.0. The largest absolute Gasteiger partial charge is 0.471 e. The number of carbonyl (C=O) groups excluding carboxylic acids is 2. The zero-order valence-corrected chi connectivity index (χ0v) is 23.5. The van der Waals surface area contributed by atoms with E-state index in [0.29, 0.717) is 34.7 Å². The van der Waals surface area contributed by atoms with Gasteiger partial charge in [0.25, 0.3) is 0 Å². The summed E-state index contributed by atoms with van der Waals surface area (Å²) in [5, 5.41) is 20.8. The topological polar surface area (TPSA) is 119 Å². The fourth-order valence-electron chi connectivity index (χ4n) is 4.99. The number of nitrogens with one attached hydrogen (secondary N) is 1. The quantitative estimate of drug-likeness (QED) is 0.368. The molecule has 4 atom stereocenters. The van der Waals surface area contributed by atoms with E-state index in [9.17, 15) is 27.9 Å². The number of hydrogen-bond acceptors (Lipinski definition) is 8. The number of nitrogens with zero attached hydrogens (tertiary/aromatic N) is 4. The molecule has 224 valence electrons. The molecule has 2 N–H and O–H groups in total. The molecule has 5 rings (SSSR count). The number of likely N-dealkylation sites (tertiary alicyclic amines) is 1. The minimum atomic E-state index is -5.03. The third-order valence-corrected chi connectivity index (χ3v) is 8.36. The van der Waals surface area contributed by atoms with Crippen molar-refractivity contribution < 1.29 is 37.3 Å². The first-order chi connectivity index (χ1) is 20.1. The SMILES string of the molecule is Cn1cnnc1SC[C@H]1C[C@@H](c2ccc(CO)cc2)O[C@@H](c2ccc(NC(=O)[C@@H]3CCCN3C(=O)C(F)(F)F)cc2)O1. The summed E-state index contributed by atoms with van der Waals surface area (Å²) in [4.78, 5) is 25.1. The van der Waals surface area contributed by atoms with E-state index in [-0.39, 0.29) is 31.8 Å². The Bertz CT molecular complexity index is 1390. The van der Waals surface area contributed by atoms with E-state index < -0.39 is 30.3 Å². The van der Waals surface area contributed by atoms with E-state index >= 15 is 0 Å². The van der Waals surface area contributed by atoms with Crippen molar-refractivity contribution >= 4 is 29.3 Å². The van der Waals surface area contributed by atoms with Crippen molar-refractivity contribution in [3.05, 3.63) is 71.5 Å². The molecule has 0 aliphatic carbocycles. The lowest BCUT2D eigenvalue weighted by atomic mass is 10.0. The van der Waals surface area contributed by atoms with E-state index in [1.807, 2.05) is 35.9 Å². The maximum absolute atomic E-state index is 13.0. The fourth-order valence-corrected chi connectivity index (χ4v) is 5.89. The van der Waals surface area contributed by atoms with E-state index in [0.717, 1.165) is 16.3 Å². The number of hydrogen-bond donors (Lipinski definition) is 2. The van der Waals surface area contributed by atoms with Gasteiger partial charge >= 0.3 is 12.1 Å². The van der Waals surface area contributed by atoms with Crippen molar-refractivity contribution in [2.45, 2.75) is 61.7 Å². The number of aryl methyl sites for hydroxylation is 1. The summed E-state index contributed by atoms with van der Waals surface area (Å²) in [6.07, 6.45) is -3.58. The number of benzene rings is 2. The molecule has 3 heterocycles. The van der Waals surface area contributed by atoms with E-state index in [4.69, 9.17) is 9.47 Å². The minimum Gasteiger partial charge on any atom is -0.392 e. The summed E-state index contributed by atoms with van der Waals surface area (Å²) in [7, 11) is 1.86. The predicted octanol–water partition coefficient (Wildman–Crippen LogP) is 4.14. The van der Waals surface area contributed by atoms with Crippen LogP contribution in [0.5, 0.6) is 0 Å². The molecule has 0 spiro atoms. The van der Waals surface area contributed by atoms with Gasteiger partial charge in [-0.1, -0.05) is 48.2 Å². The molecule has 0 unspecified atom stereocenters. The molecule has 2 amide bonds. The number of halogens is 3. The monoisotopic (exact) mass is 605 g/mol. The van der Waals surface area contributed by atoms with Crippen LogP contribution < -0.4 is 5.32 Å². The Balaban J connectivity index is 1.28. The molecular formula is C28H30F3N5O5S. The molecule has 2 aliphatic rings. The third kappa shape index (κ3) is 6.94. The summed E-state index contributed by atoms with van der Waals surface area (Å²) in [5.41, 5.74) is 2.79. The van der Waals surface area contributed by atoms with Crippen LogP contribution >= 0.6 is 11.8 Å². The summed E-state index contributed by atoms with van der Waals surface area (Å²) in [5.74, 6) is -2.08. The summed E-state index contributed by atoms with van der Waals surface area (Å²) >= 11 is 1.52. The highest BCUT2D eigenvalue weighted by Gasteiger charge is 2.47. The van der Waals surface area contributed by atoms with Crippen LogP contribution in [0.25, 0.3) is 0 Å². The molecule has 14 heteroatoms. The van der Waals surface area contributed by atoms with Gasteiger partial charge < -0.3 is 29.4 Å². The predicted molar refractivity (Wildman–Crippen MR) is 146 cm³/mol. The van der Waals surface area contributed by atoms with Gasteiger partial charge in [-0.2, -0.15) is 13.2 Å². The average Bonchev–Trinajstić information content (AvgIpc) is 3.64. The van der Waals surface area contributed by atoms with Gasteiger partial charge in [0.2, 0.25) is 5.91 Å². The number of carbonyl (C=O) groups is 2. The summed E-state index contributed by atoms with van der Waals surface area (Å²) in [6.45, 7) is -0.180. The molecule has 10 nitrogen and oxygen atoms in total. The minimum absolute atomic E-state index is 0.0607. The molecule has 42 heavy (non-hydrogen) atoms. The van der Waals surface area contributed by atoms with Crippen molar-refractivity contribution in [1.82, 2.24) is 19.7 Å². The molecule has 0 saturated carbocycles. The van der Waals surface area contributed by atoms with Crippen LogP contribution in [0.4, 0.5) is 18.9 Å². The zero-order valence-electron chi connectivity index (χ0n) is 22.7. The molecule has 2 fully saturated rings. The van der Waals surface area contributed by atoms with Gasteiger partial charge in [-0.25, -0.2) is 0 Å². The summed E-state index contributed by atoms with van der Waals surface area (Å²) < 4.78 is 53.3. The third-order valence-electron chi connectivity index (χ3n) is 7.19. The van der Waals surface area contributed by atoms with E-state index in [2.05, 4.69) is 15.5 Å². The van der Waals surface area contributed by atoms with Gasteiger partial charge in [-0.3, -0.25) is 9.59 Å². The van der Waals surface area contributed by atoms with Crippen molar-refractivity contribution in [2.24, 2.45) is 7.05 Å². The Morgan fingerprint density at radius 2 is 1.81 bits per heavy atom. The molecule has 3 aromatic rings. The average molecular weight is 606 g/mol. The molecule has 0 radical (unpaired) electrons. The Labute approximate surface area is 244 Å². The van der Waals surface area contributed by atoms with Crippen LogP contribution in [0, 0.1) is 0 Å². The lowest BCUT2D eigenvalue weighted by Gasteiger charge is -2.36. The van der Waals surface area contributed by atoms with Crippen LogP contribution in [0.15, 0.2) is 60.0 Å². The van der Waals surface area contributed by atoms with Crippen molar-refractivity contribution in [1.29, 1.82) is 0 Å². The molecule has 0 bridgehead atoms. The number of anilines is 1. The number of alkyl halides is 3. The van der Waals surface area contributed by atoms with E-state index in [1.54, 1.807) is 30.6 Å². The van der Waals surface area contributed by atoms with E-state index in [1.165, 1.54) is 11.8 Å². The van der Waals surface area contributed by atoms with Gasteiger partial charge in [0.05, 0.1) is 18.8 Å². The maximum Gasteiger partial charge on any atom is 0.471 e. The smallest absolute Gasteiger partial charge is 0.392 e. The van der Waals surface area contributed by atoms with Gasteiger partial charge in [0.15, 0.2) is 11.4 Å². The highest BCUT2D eigenvalue weighted by Crippen LogP contribution is 2.39. The molecule has 2 aliphatic heterocycles. The molecule has 1 aromatic heterocycles. The van der Waals surface area contributed by atoms with Crippen LogP contribution in [-0.4, -0.2) is 67.2 Å². The second-order valence-electron chi connectivity index (χ2n) is 10.2. The Morgan fingerprint density at radius 3 is 2.45 bits per heavy atom. The molecule has 2 aromatic carbocycles. The number of rotatable bonds is 8. The van der Waals surface area contributed by atoms with Crippen molar-refractivity contribution in [3.63, 3.8) is 0 Å². The maximum atomic E-state index is 13.0. The zero-order chi connectivity index (χ0) is 29.9. The van der Waals surface area contributed by atoms with Crippen molar-refractivity contribution in [3.8, 4) is 0 Å². The Hall–Kier alpha value is -3.46. The Kier molecular flexibility index (Phi) is 9.16. The van der Waals surface area contributed by atoms with Crippen LogP contribution in [-0.2, 0) is 32.7 Å². The van der Waals surface area contributed by atoms with Crippen molar-refractivity contribution in [2.75, 3.05) is 17.6 Å². The first-order valence-corrected chi connectivity index (χ1v) is 14.4. The number of aliphatic hydroxyl groups is 1. The highest BCUT2D eigenvalue weighted by atomic mass is 32.2. The number of aromatic nitrogens is 3. The Morgan fingerprint density at radius 1 is 1.10 bits per heavy atom. The van der Waals surface area contributed by atoms with Crippen LogP contribution in [0.2, 0.25) is 0 Å². The fraction of sp³-hybridized carbons (Fsp3) is 0.429. The number of amides is 2. The molecular weight excluding hydrogens is 575 g/mol. The second-order valence-corrected chi connectivity index (χ2v) is 11.1. The second kappa shape index (κ2) is 12.8. The lowest BCUT2D eigenvalue weighted by molar-refractivity contribution is -0.245. The number of thioether (sulfide) groups is 1. The van der Waals surface area contributed by atoms with Crippen LogP contribution in [0.1, 0.15) is 48.3 Å². The number of ether oxygens (including phenoxy) is 2. The highest BCUT2D eigenvalue weighted by molar-refractivity contribution is 7.99. The van der Waals surface area contributed by atoms with Gasteiger partial charge in [0.1, 0.15) is 12.4 Å². The molecule has 2 saturated heterocycles. The van der Waals surface area contributed by atoms with Gasteiger partial charge in [-0.05, 0) is 36.1 Å². The standard InChI is InChI=1S/C28H30F3N5O5S/c1-35-16-32-34-27(35)42-15-21-13-23(18-6-4-17(14-37)5-7-18)41-25(40-21)19-8-10-20(11-9-19)33-24(38)22-3-2-12-36(22)26(39)28(29,30)31/h4-11,16,21-23,25,37H,2-3,12-15H2,1H3,(H,33,38)/t21-,22+,23+,25+/m1/s1. The normalized spacial score (nSPS) is 22.7. The number of aliphatic hydroxyl groups excluding tert-OH is 1.